The number of nitrogens with zero attached hydrogens (tertiary/aromatic N) is 2. The van der Waals surface area contributed by atoms with Crippen LogP contribution in [0.3, 0.4) is 0 Å². The molecule has 0 atom stereocenters. The normalized spacial score (nSPS) is 23.2. The number of aryl methyl sites for hydroxylation is 1. The highest BCUT2D eigenvalue weighted by molar-refractivity contribution is 5.58. The number of anilines is 2. The van der Waals surface area contributed by atoms with Gasteiger partial charge in [0.05, 0.1) is 0 Å². The first kappa shape index (κ1) is 14.1. The zero-order valence-electron chi connectivity index (χ0n) is 12.3. The van der Waals surface area contributed by atoms with Crippen molar-refractivity contribution < 1.29 is 0 Å². The predicted octanol–water partition coefficient (Wildman–Crippen LogP) is 2.39. The van der Waals surface area contributed by atoms with Crippen LogP contribution in [0.2, 0.25) is 0 Å². The Morgan fingerprint density at radius 3 is 2.58 bits per heavy atom. The zero-order valence-corrected chi connectivity index (χ0v) is 12.3. The largest absolute Gasteiger partial charge is 0.377 e. The summed E-state index contributed by atoms with van der Waals surface area (Å²) in [5.41, 5.74) is 8.17. The molecule has 0 bridgehead atoms. The van der Waals surface area contributed by atoms with Crippen LogP contribution in [0.25, 0.3) is 0 Å². The van der Waals surface area contributed by atoms with E-state index in [4.69, 9.17) is 5.73 Å². The van der Waals surface area contributed by atoms with Gasteiger partial charge in [-0.1, -0.05) is 0 Å². The molecule has 0 amide bonds. The van der Waals surface area contributed by atoms with Crippen molar-refractivity contribution in [2.24, 2.45) is 11.7 Å². The van der Waals surface area contributed by atoms with Gasteiger partial charge in [-0.3, -0.25) is 0 Å². The maximum atomic E-state index is 5.73. The first-order valence-corrected chi connectivity index (χ1v) is 7.20. The van der Waals surface area contributed by atoms with Crippen molar-refractivity contribution >= 4 is 11.5 Å². The standard InChI is InChI=1S/C15H26N4/c1-11-10-17-15(8-14(11)19(2)3)18-13-6-4-12(9-16)5-7-13/h8,10,12-13H,4-7,9,16H2,1-3H3,(H,17,18)/t12-,13+. The van der Waals surface area contributed by atoms with Crippen molar-refractivity contribution in [1.82, 2.24) is 4.98 Å². The van der Waals surface area contributed by atoms with E-state index in [1.807, 2.05) is 6.20 Å². The first-order valence-electron chi connectivity index (χ1n) is 7.20. The summed E-state index contributed by atoms with van der Waals surface area (Å²) in [7, 11) is 4.14. The number of hydrogen-bond acceptors (Lipinski definition) is 4. The molecule has 0 unspecified atom stereocenters. The smallest absolute Gasteiger partial charge is 0.128 e. The second-order valence-corrected chi connectivity index (χ2v) is 5.85. The molecule has 0 aromatic carbocycles. The Balaban J connectivity index is 1.98. The van der Waals surface area contributed by atoms with Crippen LogP contribution in [0.1, 0.15) is 31.2 Å². The third-order valence-electron chi connectivity index (χ3n) is 4.09. The molecule has 1 aromatic heterocycles. The topological polar surface area (TPSA) is 54.2 Å². The Kier molecular flexibility index (Phi) is 4.64. The van der Waals surface area contributed by atoms with Crippen molar-refractivity contribution in [2.75, 3.05) is 30.9 Å². The summed E-state index contributed by atoms with van der Waals surface area (Å²) >= 11 is 0. The minimum Gasteiger partial charge on any atom is -0.377 e. The zero-order chi connectivity index (χ0) is 13.8. The molecule has 0 saturated heterocycles. The molecule has 0 aliphatic heterocycles. The van der Waals surface area contributed by atoms with Crippen LogP contribution in [0.5, 0.6) is 0 Å². The van der Waals surface area contributed by atoms with Crippen molar-refractivity contribution in [3.8, 4) is 0 Å². The fourth-order valence-electron chi connectivity index (χ4n) is 2.83. The molecular weight excluding hydrogens is 236 g/mol. The van der Waals surface area contributed by atoms with E-state index in [-0.39, 0.29) is 0 Å². The van der Waals surface area contributed by atoms with Gasteiger partial charge < -0.3 is 16.0 Å². The van der Waals surface area contributed by atoms with E-state index in [2.05, 4.69) is 42.3 Å². The average molecular weight is 262 g/mol. The molecule has 19 heavy (non-hydrogen) atoms. The Bertz CT molecular complexity index is 409. The number of pyridine rings is 1. The van der Waals surface area contributed by atoms with Gasteiger partial charge in [-0.25, -0.2) is 4.98 Å². The van der Waals surface area contributed by atoms with Gasteiger partial charge in [0.2, 0.25) is 0 Å². The van der Waals surface area contributed by atoms with Crippen molar-refractivity contribution in [2.45, 2.75) is 38.6 Å². The van der Waals surface area contributed by atoms with Crippen molar-refractivity contribution in [3.63, 3.8) is 0 Å². The summed E-state index contributed by atoms with van der Waals surface area (Å²) < 4.78 is 0. The lowest BCUT2D eigenvalue weighted by Crippen LogP contribution is -2.29. The maximum Gasteiger partial charge on any atom is 0.128 e. The van der Waals surface area contributed by atoms with E-state index in [1.54, 1.807) is 0 Å². The molecule has 1 aromatic rings. The van der Waals surface area contributed by atoms with Crippen molar-refractivity contribution in [1.29, 1.82) is 0 Å². The molecule has 106 valence electrons. The highest BCUT2D eigenvalue weighted by atomic mass is 15.1. The molecule has 3 N–H and O–H groups in total. The minimum absolute atomic E-state index is 0.549. The van der Waals surface area contributed by atoms with Gasteiger partial charge in [0.15, 0.2) is 0 Å². The van der Waals surface area contributed by atoms with Gasteiger partial charge in [0.25, 0.3) is 0 Å². The number of hydrogen-bond donors (Lipinski definition) is 2. The molecule has 2 rings (SSSR count). The summed E-state index contributed by atoms with van der Waals surface area (Å²) in [6.45, 7) is 2.93. The lowest BCUT2D eigenvalue weighted by molar-refractivity contribution is 0.344. The summed E-state index contributed by atoms with van der Waals surface area (Å²) in [4.78, 5) is 6.62. The molecule has 1 fully saturated rings. The van der Waals surface area contributed by atoms with Gasteiger partial charge in [0, 0.05) is 38.1 Å². The fourth-order valence-corrected chi connectivity index (χ4v) is 2.83. The number of aromatic nitrogens is 1. The first-order chi connectivity index (χ1) is 9.10. The molecule has 1 heterocycles. The number of nitrogens with one attached hydrogen (secondary N) is 1. The Morgan fingerprint density at radius 2 is 2.00 bits per heavy atom. The van der Waals surface area contributed by atoms with Gasteiger partial charge in [-0.2, -0.15) is 0 Å². The third kappa shape index (κ3) is 3.60. The van der Waals surface area contributed by atoms with Crippen LogP contribution < -0.4 is 16.0 Å². The Hall–Kier alpha value is -1.29. The van der Waals surface area contributed by atoms with Crippen LogP contribution >= 0.6 is 0 Å². The minimum atomic E-state index is 0.549. The average Bonchev–Trinajstić information content (AvgIpc) is 2.41. The predicted molar refractivity (Wildman–Crippen MR) is 81.7 cm³/mol. The molecular formula is C15H26N4. The second kappa shape index (κ2) is 6.24. The van der Waals surface area contributed by atoms with E-state index in [0.29, 0.717) is 6.04 Å². The lowest BCUT2D eigenvalue weighted by Gasteiger charge is -2.29. The van der Waals surface area contributed by atoms with Crippen LogP contribution in [0.4, 0.5) is 11.5 Å². The third-order valence-corrected chi connectivity index (χ3v) is 4.09. The maximum absolute atomic E-state index is 5.73. The van der Waals surface area contributed by atoms with Gasteiger partial charge in [-0.05, 0) is 50.6 Å². The summed E-state index contributed by atoms with van der Waals surface area (Å²) in [6.07, 6.45) is 6.83. The summed E-state index contributed by atoms with van der Waals surface area (Å²) in [5.74, 6) is 1.71. The molecule has 0 radical (unpaired) electrons. The molecule has 4 nitrogen and oxygen atoms in total. The fraction of sp³-hybridized carbons (Fsp3) is 0.667. The molecule has 1 aliphatic carbocycles. The second-order valence-electron chi connectivity index (χ2n) is 5.85. The van der Waals surface area contributed by atoms with E-state index < -0.39 is 0 Å². The van der Waals surface area contributed by atoms with E-state index >= 15 is 0 Å². The number of nitrogens with two attached hydrogens (primary N) is 1. The van der Waals surface area contributed by atoms with E-state index in [9.17, 15) is 0 Å². The van der Waals surface area contributed by atoms with Gasteiger partial charge >= 0.3 is 0 Å². The van der Waals surface area contributed by atoms with Gasteiger partial charge in [-0.15, -0.1) is 0 Å². The highest BCUT2D eigenvalue weighted by Crippen LogP contribution is 2.27. The SMILES string of the molecule is Cc1cnc(N[C@H]2CC[C@@H](CN)CC2)cc1N(C)C. The Morgan fingerprint density at radius 1 is 1.32 bits per heavy atom. The quantitative estimate of drug-likeness (QED) is 0.875. The highest BCUT2D eigenvalue weighted by Gasteiger charge is 2.20. The lowest BCUT2D eigenvalue weighted by atomic mass is 9.86. The van der Waals surface area contributed by atoms with E-state index in [0.717, 1.165) is 18.3 Å². The van der Waals surface area contributed by atoms with Crippen LogP contribution in [0, 0.1) is 12.8 Å². The molecule has 4 heteroatoms. The molecule has 1 aliphatic rings. The summed E-state index contributed by atoms with van der Waals surface area (Å²) in [5, 5.41) is 3.57. The Labute approximate surface area is 116 Å². The van der Waals surface area contributed by atoms with Crippen LogP contribution in [-0.2, 0) is 0 Å². The van der Waals surface area contributed by atoms with Crippen LogP contribution in [-0.4, -0.2) is 31.7 Å². The monoisotopic (exact) mass is 262 g/mol. The van der Waals surface area contributed by atoms with E-state index in [1.165, 1.54) is 36.9 Å². The number of rotatable bonds is 4. The van der Waals surface area contributed by atoms with Crippen molar-refractivity contribution in [3.05, 3.63) is 17.8 Å². The van der Waals surface area contributed by atoms with Crippen LogP contribution in [0.15, 0.2) is 12.3 Å². The molecule has 1 saturated carbocycles. The molecule has 0 spiro atoms. The summed E-state index contributed by atoms with van der Waals surface area (Å²) in [6, 6.07) is 2.69. The van der Waals surface area contributed by atoms with Gasteiger partial charge in [0.1, 0.15) is 5.82 Å².